The van der Waals surface area contributed by atoms with E-state index in [1.54, 1.807) is 54.6 Å². The molecular weight excluding hydrogens is 619 g/mol. The standard InChI is InChI=1S/C33H26F2N3O5PS/c1-37-32-18-25(11-16-31(32)33(34,35)44(39,40)41)22-38(45(42,43)30-15-14-26-6-2-3-7-29(26)19-30)21-23-9-12-27(13-10-23)28-8-4-5-24(17-28)20-36/h2-19H,1,21-22H2,(H2,39,40,41). The molecule has 8 nitrogen and oxygen atoms in total. The first-order valence-corrected chi connectivity index (χ1v) is 16.5. The number of aliphatic imine (C=N–C) groups is 1. The van der Waals surface area contributed by atoms with Crippen LogP contribution in [-0.4, -0.2) is 29.2 Å². The molecule has 0 saturated heterocycles. The predicted molar refractivity (Wildman–Crippen MR) is 169 cm³/mol. The third-order valence-corrected chi connectivity index (χ3v) is 10.0. The van der Waals surface area contributed by atoms with E-state index < -0.39 is 34.5 Å². The summed E-state index contributed by atoms with van der Waals surface area (Å²) in [5, 5.41) is 10.8. The number of nitrogens with zero attached hydrogens (tertiary/aromatic N) is 3. The van der Waals surface area contributed by atoms with E-state index in [-0.39, 0.29) is 23.5 Å². The van der Waals surface area contributed by atoms with Crippen LogP contribution in [0.15, 0.2) is 119 Å². The molecule has 0 amide bonds. The van der Waals surface area contributed by atoms with Crippen LogP contribution in [0.25, 0.3) is 21.9 Å². The Morgan fingerprint density at radius 1 is 0.822 bits per heavy atom. The van der Waals surface area contributed by atoms with E-state index in [0.29, 0.717) is 16.5 Å². The molecule has 5 rings (SSSR count). The van der Waals surface area contributed by atoms with Crippen LogP contribution in [0.1, 0.15) is 22.3 Å². The summed E-state index contributed by atoms with van der Waals surface area (Å²) in [6, 6.07) is 31.5. The van der Waals surface area contributed by atoms with Gasteiger partial charge in [0.05, 0.1) is 27.8 Å². The minimum absolute atomic E-state index is 0.0258. The topological polar surface area (TPSA) is 131 Å². The summed E-state index contributed by atoms with van der Waals surface area (Å²) in [6.45, 7) is 2.89. The van der Waals surface area contributed by atoms with Crippen LogP contribution in [0.5, 0.6) is 0 Å². The molecule has 0 unspecified atom stereocenters. The second-order valence-corrected chi connectivity index (χ2v) is 13.9. The van der Waals surface area contributed by atoms with Gasteiger partial charge in [0.2, 0.25) is 10.0 Å². The number of rotatable bonds is 10. The SMILES string of the molecule is C=Nc1cc(CN(Cc2ccc(-c3cccc(C#N)c3)cc2)S(=O)(=O)c2ccc3ccccc3c2)ccc1C(F)(F)P(=O)(O)O. The first kappa shape index (κ1) is 31.9. The molecule has 5 aromatic carbocycles. The molecule has 12 heteroatoms. The van der Waals surface area contributed by atoms with Crippen molar-refractivity contribution in [2.24, 2.45) is 4.99 Å². The van der Waals surface area contributed by atoms with Gasteiger partial charge in [-0.15, -0.1) is 0 Å². The highest BCUT2D eigenvalue weighted by Gasteiger charge is 2.51. The Morgan fingerprint density at radius 2 is 1.49 bits per heavy atom. The van der Waals surface area contributed by atoms with Gasteiger partial charge in [0.25, 0.3) is 0 Å². The van der Waals surface area contributed by atoms with Crippen molar-refractivity contribution in [2.45, 2.75) is 23.6 Å². The van der Waals surface area contributed by atoms with Gasteiger partial charge >= 0.3 is 13.3 Å². The van der Waals surface area contributed by atoms with E-state index in [2.05, 4.69) is 17.8 Å². The van der Waals surface area contributed by atoms with Crippen LogP contribution < -0.4 is 0 Å². The van der Waals surface area contributed by atoms with Crippen molar-refractivity contribution in [2.75, 3.05) is 0 Å². The maximum Gasteiger partial charge on any atom is 0.399 e. The summed E-state index contributed by atoms with van der Waals surface area (Å²) in [5.41, 5.74) is -3.00. The highest BCUT2D eigenvalue weighted by Crippen LogP contribution is 2.61. The Morgan fingerprint density at radius 3 is 2.16 bits per heavy atom. The third kappa shape index (κ3) is 6.61. The summed E-state index contributed by atoms with van der Waals surface area (Å²) in [4.78, 5) is 22.0. The van der Waals surface area contributed by atoms with Crippen LogP contribution in [0.2, 0.25) is 0 Å². The van der Waals surface area contributed by atoms with Gasteiger partial charge in [-0.3, -0.25) is 9.56 Å². The number of halogens is 2. The van der Waals surface area contributed by atoms with Crippen molar-refractivity contribution >= 4 is 40.8 Å². The number of benzene rings is 5. The van der Waals surface area contributed by atoms with Crippen molar-refractivity contribution in [1.29, 1.82) is 5.26 Å². The first-order chi connectivity index (χ1) is 21.3. The van der Waals surface area contributed by atoms with Crippen LogP contribution in [0.3, 0.4) is 0 Å². The zero-order valence-electron chi connectivity index (χ0n) is 23.6. The molecular formula is C33H26F2N3O5PS. The van der Waals surface area contributed by atoms with Gasteiger partial charge in [-0.2, -0.15) is 18.3 Å². The lowest BCUT2D eigenvalue weighted by Crippen LogP contribution is -2.30. The lowest BCUT2D eigenvalue weighted by Gasteiger charge is -2.24. The van der Waals surface area contributed by atoms with Crippen LogP contribution >= 0.6 is 7.60 Å². The molecule has 45 heavy (non-hydrogen) atoms. The zero-order valence-corrected chi connectivity index (χ0v) is 25.3. The van der Waals surface area contributed by atoms with E-state index in [4.69, 9.17) is 0 Å². The highest BCUT2D eigenvalue weighted by molar-refractivity contribution is 7.89. The van der Waals surface area contributed by atoms with Crippen LogP contribution in [-0.2, 0) is 33.3 Å². The fraction of sp³-hybridized carbons (Fsp3) is 0.0909. The Hall–Kier alpha value is -4.56. The quantitative estimate of drug-likeness (QED) is 0.121. The van der Waals surface area contributed by atoms with E-state index in [0.717, 1.165) is 28.6 Å². The zero-order chi connectivity index (χ0) is 32.4. The van der Waals surface area contributed by atoms with Gasteiger partial charge < -0.3 is 9.79 Å². The summed E-state index contributed by atoms with van der Waals surface area (Å²) in [5.74, 6) is 0. The Labute approximate surface area is 258 Å². The second-order valence-electron chi connectivity index (χ2n) is 10.3. The molecule has 0 aliphatic heterocycles. The Kier molecular flexibility index (Phi) is 8.81. The normalized spacial score (nSPS) is 12.3. The molecule has 0 heterocycles. The smallest absolute Gasteiger partial charge is 0.320 e. The third-order valence-electron chi connectivity index (χ3n) is 7.28. The molecule has 2 N–H and O–H groups in total. The van der Waals surface area contributed by atoms with Gasteiger partial charge in [0, 0.05) is 13.1 Å². The number of nitriles is 1. The number of sulfonamides is 1. The molecule has 5 aromatic rings. The van der Waals surface area contributed by atoms with Gasteiger partial charge in [0.15, 0.2) is 0 Å². The molecule has 0 saturated carbocycles. The number of fused-ring (bicyclic) bond motifs is 1. The number of hydrogen-bond donors (Lipinski definition) is 2. The largest absolute Gasteiger partial charge is 0.399 e. The van der Waals surface area contributed by atoms with Gasteiger partial charge in [-0.25, -0.2) is 8.42 Å². The lowest BCUT2D eigenvalue weighted by atomic mass is 10.0. The van der Waals surface area contributed by atoms with Crippen molar-refractivity contribution in [1.82, 2.24) is 4.31 Å². The first-order valence-electron chi connectivity index (χ1n) is 13.5. The van der Waals surface area contributed by atoms with Crippen LogP contribution in [0.4, 0.5) is 14.5 Å². The van der Waals surface area contributed by atoms with Gasteiger partial charge in [0.1, 0.15) is 0 Å². The monoisotopic (exact) mass is 645 g/mol. The fourth-order valence-electron chi connectivity index (χ4n) is 4.90. The van der Waals surface area contributed by atoms with Crippen molar-refractivity contribution in [3.05, 3.63) is 131 Å². The Bertz CT molecular complexity index is 2110. The maximum absolute atomic E-state index is 14.6. The van der Waals surface area contributed by atoms with Gasteiger partial charge in [-0.05, 0) is 76.1 Å². The second kappa shape index (κ2) is 12.4. The van der Waals surface area contributed by atoms with E-state index in [1.165, 1.54) is 16.4 Å². The molecule has 0 aromatic heterocycles. The molecule has 0 bridgehead atoms. The average molecular weight is 646 g/mol. The van der Waals surface area contributed by atoms with Crippen molar-refractivity contribution in [3.8, 4) is 17.2 Å². The predicted octanol–water partition coefficient (Wildman–Crippen LogP) is 7.33. The van der Waals surface area contributed by atoms with Crippen molar-refractivity contribution < 1.29 is 31.6 Å². The molecule has 0 spiro atoms. The molecule has 0 fully saturated rings. The summed E-state index contributed by atoms with van der Waals surface area (Å²) in [6.07, 6.45) is 0. The van der Waals surface area contributed by atoms with Crippen LogP contribution in [0, 0.1) is 11.3 Å². The van der Waals surface area contributed by atoms with E-state index in [9.17, 15) is 36.8 Å². The molecule has 0 radical (unpaired) electrons. The fourth-order valence-corrected chi connectivity index (χ4v) is 6.85. The molecule has 0 aliphatic rings. The molecule has 0 atom stereocenters. The van der Waals surface area contributed by atoms with E-state index in [1.807, 2.05) is 30.3 Å². The number of hydrogen-bond acceptors (Lipinski definition) is 5. The van der Waals surface area contributed by atoms with Crippen molar-refractivity contribution in [3.63, 3.8) is 0 Å². The molecule has 228 valence electrons. The summed E-state index contributed by atoms with van der Waals surface area (Å²) >= 11 is 0. The minimum Gasteiger partial charge on any atom is -0.320 e. The Balaban J connectivity index is 1.53. The van der Waals surface area contributed by atoms with E-state index >= 15 is 0 Å². The summed E-state index contributed by atoms with van der Waals surface area (Å²) in [7, 11) is -10.0. The number of alkyl halides is 2. The average Bonchev–Trinajstić information content (AvgIpc) is 3.03. The molecule has 0 aliphatic carbocycles. The summed E-state index contributed by atoms with van der Waals surface area (Å²) < 4.78 is 70.0. The van der Waals surface area contributed by atoms with Gasteiger partial charge in [-0.1, -0.05) is 72.8 Å². The highest BCUT2D eigenvalue weighted by atomic mass is 32.2. The maximum atomic E-state index is 14.6. The minimum atomic E-state index is -5.88. The lowest BCUT2D eigenvalue weighted by molar-refractivity contribution is 0.0570.